The van der Waals surface area contributed by atoms with Crippen molar-refractivity contribution < 1.29 is 27.6 Å². The Bertz CT molecular complexity index is 1030. The molecule has 1 unspecified atom stereocenters. The summed E-state index contributed by atoms with van der Waals surface area (Å²) in [7, 11) is 0. The second kappa shape index (κ2) is 7.40. The molecule has 2 fully saturated rings. The largest absolute Gasteiger partial charge is 0.416 e. The number of nitrogens with zero attached hydrogens (tertiary/aromatic N) is 3. The van der Waals surface area contributed by atoms with Gasteiger partial charge < -0.3 is 10.6 Å². The molecular weight excluding hydrogens is 415 g/mol. The van der Waals surface area contributed by atoms with Crippen LogP contribution < -0.4 is 10.6 Å². The van der Waals surface area contributed by atoms with Gasteiger partial charge >= 0.3 is 12.2 Å². The molecule has 4 rings (SSSR count). The zero-order valence-corrected chi connectivity index (χ0v) is 16.6. The quantitative estimate of drug-likeness (QED) is 0.722. The van der Waals surface area contributed by atoms with Crippen molar-refractivity contribution in [2.45, 2.75) is 50.4 Å². The molecule has 1 spiro atoms. The third kappa shape index (κ3) is 3.64. The molecule has 1 aliphatic carbocycles. The average molecular weight is 435 g/mol. The molecule has 1 aliphatic heterocycles. The van der Waals surface area contributed by atoms with Crippen LogP contribution in [-0.2, 0) is 15.8 Å². The molecule has 1 saturated heterocycles. The summed E-state index contributed by atoms with van der Waals surface area (Å²) in [6, 6.07) is 2.57. The topological polar surface area (TPSA) is 96.3 Å². The Morgan fingerprint density at radius 1 is 1.26 bits per heavy atom. The highest BCUT2D eigenvalue weighted by atomic mass is 19.4. The molecule has 1 atom stereocenters. The number of carbonyl (C=O) groups is 3. The first-order valence-corrected chi connectivity index (χ1v) is 9.80. The number of urea groups is 1. The molecule has 2 aliphatic rings. The first-order chi connectivity index (χ1) is 14.6. The van der Waals surface area contributed by atoms with E-state index in [0.29, 0.717) is 12.8 Å². The van der Waals surface area contributed by atoms with E-state index >= 15 is 0 Å². The second-order valence-corrected chi connectivity index (χ2v) is 7.74. The van der Waals surface area contributed by atoms with E-state index in [1.54, 1.807) is 6.07 Å². The van der Waals surface area contributed by atoms with Gasteiger partial charge in [0.15, 0.2) is 0 Å². The summed E-state index contributed by atoms with van der Waals surface area (Å²) < 4.78 is 41.0. The molecule has 1 aromatic heterocycles. The molecule has 1 saturated carbocycles. The van der Waals surface area contributed by atoms with Crippen LogP contribution in [-0.4, -0.2) is 44.1 Å². The van der Waals surface area contributed by atoms with Crippen LogP contribution in [0.3, 0.4) is 0 Å². The van der Waals surface area contributed by atoms with Gasteiger partial charge in [0.25, 0.3) is 5.91 Å². The molecule has 31 heavy (non-hydrogen) atoms. The van der Waals surface area contributed by atoms with Gasteiger partial charge in [-0.15, -0.1) is 0 Å². The maximum atomic E-state index is 13.2. The van der Waals surface area contributed by atoms with E-state index in [2.05, 4.69) is 15.7 Å². The van der Waals surface area contributed by atoms with Gasteiger partial charge in [0, 0.05) is 12.4 Å². The number of rotatable bonds is 4. The van der Waals surface area contributed by atoms with Crippen molar-refractivity contribution in [3.05, 3.63) is 42.2 Å². The zero-order chi connectivity index (χ0) is 22.4. The lowest BCUT2D eigenvalue weighted by Crippen LogP contribution is -2.48. The summed E-state index contributed by atoms with van der Waals surface area (Å²) in [4.78, 5) is 39.0. The highest BCUT2D eigenvalue weighted by molar-refractivity contribution is 6.11. The number of aromatic nitrogens is 2. The fourth-order valence-corrected chi connectivity index (χ4v) is 4.09. The van der Waals surface area contributed by atoms with E-state index in [1.807, 2.05) is 0 Å². The van der Waals surface area contributed by atoms with Crippen molar-refractivity contribution in [1.82, 2.24) is 20.0 Å². The van der Waals surface area contributed by atoms with Crippen LogP contribution in [0.2, 0.25) is 0 Å². The van der Waals surface area contributed by atoms with Crippen molar-refractivity contribution >= 4 is 23.5 Å². The number of hydrogen-bond donors (Lipinski definition) is 2. The molecule has 1 aromatic carbocycles. The van der Waals surface area contributed by atoms with Crippen LogP contribution in [0.25, 0.3) is 5.69 Å². The maximum Gasteiger partial charge on any atom is 0.416 e. The van der Waals surface area contributed by atoms with E-state index in [1.165, 1.54) is 30.1 Å². The molecule has 164 valence electrons. The average Bonchev–Trinajstić information content (AvgIpc) is 3.43. The molecule has 0 bridgehead atoms. The first-order valence-electron chi connectivity index (χ1n) is 9.80. The Morgan fingerprint density at radius 2 is 1.97 bits per heavy atom. The normalized spacial score (nSPS) is 19.0. The van der Waals surface area contributed by atoms with E-state index in [4.69, 9.17) is 0 Å². The molecule has 2 heterocycles. The number of nitrogens with one attached hydrogen (secondary N) is 2. The summed E-state index contributed by atoms with van der Waals surface area (Å²) in [5.74, 6) is -1.26. The lowest BCUT2D eigenvalue weighted by molar-refractivity contribution is -0.137. The van der Waals surface area contributed by atoms with Gasteiger partial charge in [0.1, 0.15) is 11.6 Å². The summed E-state index contributed by atoms with van der Waals surface area (Å²) in [6.45, 7) is 1.36. The van der Waals surface area contributed by atoms with Crippen LogP contribution >= 0.6 is 0 Å². The number of amides is 4. The summed E-state index contributed by atoms with van der Waals surface area (Å²) >= 11 is 0. The Kier molecular flexibility index (Phi) is 4.98. The minimum atomic E-state index is -4.62. The Hall–Kier alpha value is -3.37. The standard InChI is InChI=1S/C20H20F3N5O3/c1-12(28-17(30)19(26-18(28)31)7-2-3-8-19)16(29)25-14-11-13(20(21,22)23)5-6-15(14)27-10-4-9-24-27/h4-6,9-12H,2-3,7-8H2,1H3,(H,25,29)(H,26,31). The minimum absolute atomic E-state index is 0.141. The fourth-order valence-electron chi connectivity index (χ4n) is 4.09. The van der Waals surface area contributed by atoms with Gasteiger partial charge in [-0.25, -0.2) is 14.4 Å². The maximum absolute atomic E-state index is 13.2. The van der Waals surface area contributed by atoms with E-state index in [9.17, 15) is 27.6 Å². The molecule has 0 radical (unpaired) electrons. The second-order valence-electron chi connectivity index (χ2n) is 7.74. The van der Waals surface area contributed by atoms with Gasteiger partial charge in [-0.3, -0.25) is 9.59 Å². The predicted molar refractivity (Wildman–Crippen MR) is 103 cm³/mol. The van der Waals surface area contributed by atoms with E-state index in [0.717, 1.165) is 29.9 Å². The van der Waals surface area contributed by atoms with Gasteiger partial charge in [0.2, 0.25) is 5.91 Å². The van der Waals surface area contributed by atoms with Gasteiger partial charge in [0.05, 0.1) is 16.9 Å². The first kappa shape index (κ1) is 20.9. The van der Waals surface area contributed by atoms with Crippen molar-refractivity contribution in [2.75, 3.05) is 5.32 Å². The number of benzene rings is 1. The van der Waals surface area contributed by atoms with Crippen molar-refractivity contribution in [3.63, 3.8) is 0 Å². The number of halogens is 3. The molecule has 8 nitrogen and oxygen atoms in total. The van der Waals surface area contributed by atoms with Crippen molar-refractivity contribution in [3.8, 4) is 5.69 Å². The fraction of sp³-hybridized carbons (Fsp3) is 0.400. The lowest BCUT2D eigenvalue weighted by atomic mass is 9.97. The molecule has 2 aromatic rings. The van der Waals surface area contributed by atoms with E-state index < -0.39 is 41.2 Å². The van der Waals surface area contributed by atoms with Crippen LogP contribution in [0.4, 0.5) is 23.7 Å². The zero-order valence-electron chi connectivity index (χ0n) is 16.6. The van der Waals surface area contributed by atoms with Crippen LogP contribution in [0, 0.1) is 0 Å². The monoisotopic (exact) mass is 435 g/mol. The highest BCUT2D eigenvalue weighted by Crippen LogP contribution is 2.36. The van der Waals surface area contributed by atoms with E-state index in [-0.39, 0.29) is 11.4 Å². The number of alkyl halides is 3. The molecule has 2 N–H and O–H groups in total. The lowest BCUT2D eigenvalue weighted by Gasteiger charge is -2.24. The van der Waals surface area contributed by atoms with Crippen LogP contribution in [0.1, 0.15) is 38.2 Å². The van der Waals surface area contributed by atoms with Crippen LogP contribution in [0.5, 0.6) is 0 Å². The van der Waals surface area contributed by atoms with Gasteiger partial charge in [-0.05, 0) is 44.0 Å². The Balaban J connectivity index is 1.62. The number of carbonyl (C=O) groups excluding carboxylic acids is 3. The number of imide groups is 1. The molecular formula is C20H20F3N5O3. The van der Waals surface area contributed by atoms with Crippen molar-refractivity contribution in [2.24, 2.45) is 0 Å². The minimum Gasteiger partial charge on any atom is -0.323 e. The smallest absolute Gasteiger partial charge is 0.323 e. The predicted octanol–water partition coefficient (Wildman–Crippen LogP) is 3.08. The van der Waals surface area contributed by atoms with Crippen molar-refractivity contribution in [1.29, 1.82) is 0 Å². The van der Waals surface area contributed by atoms with Gasteiger partial charge in [-0.2, -0.15) is 18.3 Å². The number of anilines is 1. The Labute approximate surface area is 175 Å². The highest BCUT2D eigenvalue weighted by Gasteiger charge is 2.54. The van der Waals surface area contributed by atoms with Crippen LogP contribution in [0.15, 0.2) is 36.7 Å². The Morgan fingerprint density at radius 3 is 2.58 bits per heavy atom. The summed E-state index contributed by atoms with van der Waals surface area (Å²) in [5, 5.41) is 9.12. The third-order valence-corrected chi connectivity index (χ3v) is 5.75. The SMILES string of the molecule is CC(C(=O)Nc1cc(C(F)(F)F)ccc1-n1cccn1)N1C(=O)NC2(CCCC2)C1=O. The summed E-state index contributed by atoms with van der Waals surface area (Å²) in [5.41, 5.74) is -1.87. The molecule has 11 heteroatoms. The third-order valence-electron chi connectivity index (χ3n) is 5.75. The van der Waals surface area contributed by atoms with Gasteiger partial charge in [-0.1, -0.05) is 12.8 Å². The molecule has 4 amide bonds. The number of hydrogen-bond acceptors (Lipinski definition) is 4. The summed E-state index contributed by atoms with van der Waals surface area (Å²) in [6.07, 6.45) is 0.922.